The summed E-state index contributed by atoms with van der Waals surface area (Å²) >= 11 is 6.99. The van der Waals surface area contributed by atoms with Gasteiger partial charge in [0.2, 0.25) is 0 Å². The van der Waals surface area contributed by atoms with Crippen LogP contribution in [0.2, 0.25) is 0 Å². The molecule has 1 aliphatic heterocycles. The van der Waals surface area contributed by atoms with Gasteiger partial charge in [0, 0.05) is 29.4 Å². The van der Waals surface area contributed by atoms with Crippen LogP contribution in [-0.4, -0.2) is 23.1 Å². The SMILES string of the molecule is C=C1C=C(C(=O)NC2CC(C=O)C2)C=CN1/C(Cl)=C(\CC)c1ccccc1-c1ccc(C)cc1C. The minimum Gasteiger partial charge on any atom is -0.349 e. The van der Waals surface area contributed by atoms with Gasteiger partial charge in [-0.1, -0.05) is 73.1 Å². The number of amides is 1. The molecule has 0 bridgehead atoms. The highest BCUT2D eigenvalue weighted by molar-refractivity contribution is 6.32. The molecule has 0 atom stereocenters. The highest BCUT2D eigenvalue weighted by atomic mass is 35.5. The van der Waals surface area contributed by atoms with Gasteiger partial charge in [-0.3, -0.25) is 4.79 Å². The highest BCUT2D eigenvalue weighted by Crippen LogP contribution is 2.38. The van der Waals surface area contributed by atoms with E-state index in [2.05, 4.69) is 63.0 Å². The number of benzene rings is 2. The number of hydrogen-bond donors (Lipinski definition) is 1. The molecule has 1 saturated carbocycles. The lowest BCUT2D eigenvalue weighted by Crippen LogP contribution is -2.45. The highest BCUT2D eigenvalue weighted by Gasteiger charge is 2.30. The molecule has 1 amide bonds. The summed E-state index contributed by atoms with van der Waals surface area (Å²) in [5, 5.41) is 3.55. The monoisotopic (exact) mass is 486 g/mol. The van der Waals surface area contributed by atoms with Crippen molar-refractivity contribution in [3.8, 4) is 11.1 Å². The van der Waals surface area contributed by atoms with Crippen molar-refractivity contribution < 1.29 is 9.59 Å². The van der Waals surface area contributed by atoms with Gasteiger partial charge in [0.1, 0.15) is 11.4 Å². The van der Waals surface area contributed by atoms with Crippen LogP contribution in [0.5, 0.6) is 0 Å². The number of nitrogens with one attached hydrogen (secondary N) is 1. The van der Waals surface area contributed by atoms with Gasteiger partial charge in [-0.15, -0.1) is 0 Å². The van der Waals surface area contributed by atoms with Gasteiger partial charge < -0.3 is 15.0 Å². The maximum Gasteiger partial charge on any atom is 0.251 e. The van der Waals surface area contributed by atoms with E-state index in [-0.39, 0.29) is 17.9 Å². The lowest BCUT2D eigenvalue weighted by molar-refractivity contribution is -0.121. The third-order valence-corrected chi connectivity index (χ3v) is 7.15. The van der Waals surface area contributed by atoms with Crippen LogP contribution in [0.3, 0.4) is 0 Å². The van der Waals surface area contributed by atoms with Crippen molar-refractivity contribution in [2.75, 3.05) is 0 Å². The van der Waals surface area contributed by atoms with Crippen LogP contribution in [0.15, 0.2) is 83.8 Å². The first-order chi connectivity index (χ1) is 16.8. The largest absolute Gasteiger partial charge is 0.349 e. The summed E-state index contributed by atoms with van der Waals surface area (Å²) in [5.74, 6) is -0.1000. The average molecular weight is 487 g/mol. The topological polar surface area (TPSA) is 49.4 Å². The number of hydrogen-bond acceptors (Lipinski definition) is 3. The minimum absolute atomic E-state index is 0.0511. The van der Waals surface area contributed by atoms with E-state index in [1.807, 2.05) is 17.0 Å². The molecule has 0 saturated heterocycles. The van der Waals surface area contributed by atoms with Gasteiger partial charge in [0.25, 0.3) is 5.91 Å². The van der Waals surface area contributed by atoms with E-state index in [0.717, 1.165) is 29.4 Å². The van der Waals surface area contributed by atoms with E-state index in [1.54, 1.807) is 18.4 Å². The molecule has 2 aliphatic rings. The van der Waals surface area contributed by atoms with Crippen molar-refractivity contribution in [3.05, 3.63) is 101 Å². The molecule has 0 unspecified atom stereocenters. The first-order valence-electron chi connectivity index (χ1n) is 12.0. The Kier molecular flexibility index (Phi) is 7.42. The van der Waals surface area contributed by atoms with Crippen molar-refractivity contribution >= 4 is 29.4 Å². The number of aryl methyl sites for hydroxylation is 2. The fraction of sp³-hybridized carbons (Fsp3) is 0.267. The van der Waals surface area contributed by atoms with Crippen molar-refractivity contribution in [3.63, 3.8) is 0 Å². The Morgan fingerprint density at radius 3 is 2.57 bits per heavy atom. The molecule has 35 heavy (non-hydrogen) atoms. The molecule has 0 spiro atoms. The Labute approximate surface area is 212 Å². The molecule has 2 aromatic carbocycles. The summed E-state index contributed by atoms with van der Waals surface area (Å²) < 4.78 is 0. The van der Waals surface area contributed by atoms with E-state index < -0.39 is 0 Å². The van der Waals surface area contributed by atoms with Crippen LogP contribution in [0.25, 0.3) is 16.7 Å². The number of halogens is 1. The number of allylic oxidation sites excluding steroid dienone is 2. The standard InChI is InChI=1S/C30H31ClN2O2/c1-5-25(27-8-6-7-9-28(27)26-11-10-19(2)14-20(26)3)29(31)33-13-12-23(15-21(33)4)30(35)32-24-16-22(17-24)18-34/h6-15,18,22,24H,4-5,16-17H2,1-3H3,(H,32,35)/b29-25+. The van der Waals surface area contributed by atoms with Crippen LogP contribution in [0.1, 0.15) is 42.9 Å². The third kappa shape index (κ3) is 5.18. The van der Waals surface area contributed by atoms with Crippen molar-refractivity contribution in [1.82, 2.24) is 10.2 Å². The molecule has 5 heteroatoms. The average Bonchev–Trinajstić information content (AvgIpc) is 2.81. The predicted octanol–water partition coefficient (Wildman–Crippen LogP) is 6.65. The first-order valence-corrected chi connectivity index (χ1v) is 12.4. The Bertz CT molecular complexity index is 1260. The van der Waals surface area contributed by atoms with Gasteiger partial charge in [-0.25, -0.2) is 0 Å². The van der Waals surface area contributed by atoms with E-state index in [1.165, 1.54) is 16.7 Å². The third-order valence-electron chi connectivity index (χ3n) is 6.74. The lowest BCUT2D eigenvalue weighted by Gasteiger charge is -2.32. The zero-order valence-corrected chi connectivity index (χ0v) is 21.2. The van der Waals surface area contributed by atoms with Crippen LogP contribution < -0.4 is 5.32 Å². The maximum atomic E-state index is 12.7. The van der Waals surface area contributed by atoms with Crippen molar-refractivity contribution in [2.24, 2.45) is 5.92 Å². The summed E-state index contributed by atoms with van der Waals surface area (Å²) in [5.41, 5.74) is 8.00. The van der Waals surface area contributed by atoms with Crippen molar-refractivity contribution in [1.29, 1.82) is 0 Å². The molecule has 1 aliphatic carbocycles. The predicted molar refractivity (Wildman–Crippen MR) is 143 cm³/mol. The molecular formula is C30H31ClN2O2. The van der Waals surface area contributed by atoms with Gasteiger partial charge in [-0.05, 0) is 73.1 Å². The summed E-state index contributed by atoms with van der Waals surface area (Å²) in [7, 11) is 0. The number of carbonyl (C=O) groups excluding carboxylic acids is 2. The zero-order valence-electron chi connectivity index (χ0n) is 20.5. The summed E-state index contributed by atoms with van der Waals surface area (Å²) in [6.07, 6.45) is 8.39. The fourth-order valence-electron chi connectivity index (χ4n) is 4.73. The molecule has 0 aromatic heterocycles. The Morgan fingerprint density at radius 2 is 1.91 bits per heavy atom. The zero-order chi connectivity index (χ0) is 25.1. The second kappa shape index (κ2) is 10.5. The second-order valence-electron chi connectivity index (χ2n) is 9.30. The fourth-order valence-corrected chi connectivity index (χ4v) is 5.13. The quantitative estimate of drug-likeness (QED) is 0.352. The van der Waals surface area contributed by atoms with Gasteiger partial charge in [-0.2, -0.15) is 0 Å². The smallest absolute Gasteiger partial charge is 0.251 e. The molecule has 2 aromatic rings. The molecule has 1 N–H and O–H groups in total. The number of rotatable bonds is 7. The molecule has 0 radical (unpaired) electrons. The van der Waals surface area contributed by atoms with Crippen LogP contribution in [0, 0.1) is 19.8 Å². The van der Waals surface area contributed by atoms with E-state index in [0.29, 0.717) is 29.3 Å². The van der Waals surface area contributed by atoms with Crippen molar-refractivity contribution in [2.45, 2.75) is 46.1 Å². The first kappa shape index (κ1) is 24.7. The Balaban J connectivity index is 1.60. The van der Waals surface area contributed by atoms with Gasteiger partial charge in [0.15, 0.2) is 0 Å². The lowest BCUT2D eigenvalue weighted by atomic mass is 9.81. The molecule has 4 nitrogen and oxygen atoms in total. The van der Waals surface area contributed by atoms with E-state index >= 15 is 0 Å². The van der Waals surface area contributed by atoms with E-state index in [4.69, 9.17) is 11.6 Å². The van der Waals surface area contributed by atoms with Gasteiger partial charge >= 0.3 is 0 Å². The number of carbonyl (C=O) groups is 2. The molecule has 1 fully saturated rings. The van der Waals surface area contributed by atoms with Crippen LogP contribution in [-0.2, 0) is 9.59 Å². The van der Waals surface area contributed by atoms with Gasteiger partial charge in [0.05, 0.1) is 0 Å². The molecule has 180 valence electrons. The minimum atomic E-state index is -0.160. The number of aldehydes is 1. The van der Waals surface area contributed by atoms with E-state index in [9.17, 15) is 9.59 Å². The second-order valence-corrected chi connectivity index (χ2v) is 9.66. The molecule has 4 rings (SSSR count). The molecular weight excluding hydrogens is 456 g/mol. The summed E-state index contributed by atoms with van der Waals surface area (Å²) in [6.45, 7) is 10.5. The van der Waals surface area contributed by atoms with Crippen LogP contribution in [0.4, 0.5) is 0 Å². The maximum absolute atomic E-state index is 12.7. The number of nitrogens with zero attached hydrogens (tertiary/aromatic N) is 1. The summed E-state index contributed by atoms with van der Waals surface area (Å²) in [4.78, 5) is 25.3. The summed E-state index contributed by atoms with van der Waals surface area (Å²) in [6, 6.07) is 14.8. The molecule has 1 heterocycles. The normalized spacial score (nSPS) is 20.1. The van der Waals surface area contributed by atoms with Crippen LogP contribution >= 0.6 is 11.6 Å². The Morgan fingerprint density at radius 1 is 1.17 bits per heavy atom. The Hall–Kier alpha value is -3.37.